The Kier molecular flexibility index (Phi) is 3.87. The van der Waals surface area contributed by atoms with Gasteiger partial charge in [0.05, 0.1) is 19.3 Å². The topological polar surface area (TPSA) is 30.5 Å². The van der Waals surface area contributed by atoms with Gasteiger partial charge in [0.2, 0.25) is 0 Å². The Labute approximate surface area is 155 Å². The first-order valence-corrected chi connectivity index (χ1v) is 9.56. The van der Waals surface area contributed by atoms with Crippen LogP contribution in [0.1, 0.15) is 24.0 Å². The largest absolute Gasteiger partial charge is 0.380 e. The molecule has 3 aliphatic rings. The first kappa shape index (κ1) is 16.1. The molecule has 2 aromatic rings. The zero-order valence-corrected chi connectivity index (χ0v) is 15.0. The average molecular weight is 347 g/mol. The summed E-state index contributed by atoms with van der Waals surface area (Å²) >= 11 is 0. The molecule has 0 aromatic heterocycles. The average Bonchev–Trinajstić information content (AvgIpc) is 3.24. The van der Waals surface area contributed by atoms with Crippen LogP contribution >= 0.6 is 0 Å². The number of benzene rings is 2. The van der Waals surface area contributed by atoms with E-state index in [2.05, 4.69) is 60.4 Å². The quantitative estimate of drug-likeness (QED) is 0.837. The van der Waals surface area contributed by atoms with Crippen molar-refractivity contribution in [2.45, 2.75) is 37.0 Å². The zero-order valence-electron chi connectivity index (χ0n) is 15.0. The van der Waals surface area contributed by atoms with Gasteiger partial charge in [-0.25, -0.2) is 0 Å². The van der Waals surface area contributed by atoms with Crippen LogP contribution in [0.2, 0.25) is 0 Å². The van der Waals surface area contributed by atoms with Gasteiger partial charge in [-0.05, 0) is 30.0 Å². The predicted molar refractivity (Wildman–Crippen MR) is 103 cm³/mol. The van der Waals surface area contributed by atoms with Crippen LogP contribution in [0.25, 0.3) is 0 Å². The van der Waals surface area contributed by atoms with Gasteiger partial charge in [0.15, 0.2) is 0 Å². The number of para-hydroxylation sites is 1. The molecule has 0 bridgehead atoms. The fourth-order valence-corrected chi connectivity index (χ4v) is 5.24. The maximum absolute atomic E-state index is 6.17. The Hall–Kier alpha value is -2.10. The van der Waals surface area contributed by atoms with E-state index in [9.17, 15) is 0 Å². The molecule has 2 aliphatic heterocycles. The third-order valence-corrected chi connectivity index (χ3v) is 6.49. The Morgan fingerprint density at radius 2 is 1.92 bits per heavy atom. The summed E-state index contributed by atoms with van der Waals surface area (Å²) in [4.78, 5) is 0. The normalized spacial score (nSPS) is 31.8. The van der Waals surface area contributed by atoms with E-state index in [1.165, 1.54) is 22.4 Å². The third-order valence-electron chi connectivity index (χ3n) is 6.49. The number of ether oxygens (including phenoxy) is 2. The van der Waals surface area contributed by atoms with Gasteiger partial charge in [0.1, 0.15) is 0 Å². The lowest BCUT2D eigenvalue weighted by Gasteiger charge is -2.46. The fraction of sp³-hybridized carbons (Fsp3) is 0.391. The van der Waals surface area contributed by atoms with Gasteiger partial charge in [-0.15, -0.1) is 0 Å². The Balaban J connectivity index is 1.40. The SMILES string of the molecule is C=C1C[C@@H]2OCC[C@@]23c2ccccc2N[C@H]3[C@@H]1COCc1ccccc1. The van der Waals surface area contributed by atoms with Gasteiger partial charge < -0.3 is 14.8 Å². The van der Waals surface area contributed by atoms with E-state index in [4.69, 9.17) is 9.47 Å². The van der Waals surface area contributed by atoms with Gasteiger partial charge >= 0.3 is 0 Å². The van der Waals surface area contributed by atoms with Crippen molar-refractivity contribution in [2.24, 2.45) is 5.92 Å². The summed E-state index contributed by atoms with van der Waals surface area (Å²) < 4.78 is 12.3. The second-order valence-electron chi connectivity index (χ2n) is 7.79. The lowest BCUT2D eigenvalue weighted by molar-refractivity contribution is 0.0265. The second-order valence-corrected chi connectivity index (χ2v) is 7.79. The number of hydrogen-bond acceptors (Lipinski definition) is 3. The number of nitrogens with one attached hydrogen (secondary N) is 1. The predicted octanol–water partition coefficient (Wildman–Crippen LogP) is 4.30. The smallest absolute Gasteiger partial charge is 0.0730 e. The summed E-state index contributed by atoms with van der Waals surface area (Å²) in [5.41, 5.74) is 5.22. The molecule has 0 amide bonds. The Morgan fingerprint density at radius 1 is 1.12 bits per heavy atom. The van der Waals surface area contributed by atoms with Crippen molar-refractivity contribution in [3.05, 3.63) is 77.9 Å². The van der Waals surface area contributed by atoms with Crippen molar-refractivity contribution in [2.75, 3.05) is 18.5 Å². The van der Waals surface area contributed by atoms with Crippen LogP contribution in [-0.4, -0.2) is 25.4 Å². The molecule has 3 heteroatoms. The van der Waals surface area contributed by atoms with Crippen molar-refractivity contribution >= 4 is 5.69 Å². The lowest BCUT2D eigenvalue weighted by Crippen LogP contribution is -2.54. The highest BCUT2D eigenvalue weighted by molar-refractivity contribution is 5.64. The molecule has 1 aliphatic carbocycles. The number of fused-ring (bicyclic) bond motifs is 1. The van der Waals surface area contributed by atoms with Crippen molar-refractivity contribution in [3.63, 3.8) is 0 Å². The maximum atomic E-state index is 6.17. The first-order chi connectivity index (χ1) is 12.8. The summed E-state index contributed by atoms with van der Waals surface area (Å²) in [6, 6.07) is 19.4. The van der Waals surface area contributed by atoms with E-state index in [1.807, 2.05) is 6.07 Å². The Bertz CT molecular complexity index is 818. The van der Waals surface area contributed by atoms with Crippen LogP contribution in [0, 0.1) is 5.92 Å². The van der Waals surface area contributed by atoms with E-state index < -0.39 is 0 Å². The van der Waals surface area contributed by atoms with Gasteiger partial charge in [-0.1, -0.05) is 60.7 Å². The lowest BCUT2D eigenvalue weighted by atomic mass is 9.61. The van der Waals surface area contributed by atoms with Gasteiger partial charge in [0.25, 0.3) is 0 Å². The fourth-order valence-electron chi connectivity index (χ4n) is 5.24. The highest BCUT2D eigenvalue weighted by Gasteiger charge is 2.60. The molecule has 2 heterocycles. The minimum Gasteiger partial charge on any atom is -0.380 e. The zero-order chi connectivity index (χ0) is 17.6. The molecule has 1 spiro atoms. The standard InChI is InChI=1S/C23H25NO2/c1-16-13-21-23(11-12-26-21)19-9-5-6-10-20(19)24-22(23)18(16)15-25-14-17-7-3-2-4-8-17/h2-10,18,21-22,24H,1,11-15H2/t18-,21+,22+,23-/m1/s1. The number of anilines is 1. The van der Waals surface area contributed by atoms with Crippen LogP contribution in [0.4, 0.5) is 5.69 Å². The molecule has 5 rings (SSSR count). The number of hydrogen-bond donors (Lipinski definition) is 1. The molecule has 26 heavy (non-hydrogen) atoms. The maximum Gasteiger partial charge on any atom is 0.0730 e. The molecular weight excluding hydrogens is 322 g/mol. The monoisotopic (exact) mass is 347 g/mol. The minimum atomic E-state index is 0.0680. The molecule has 0 radical (unpaired) electrons. The molecule has 1 saturated heterocycles. The van der Waals surface area contributed by atoms with Crippen molar-refractivity contribution < 1.29 is 9.47 Å². The number of rotatable bonds is 4. The van der Waals surface area contributed by atoms with E-state index in [-0.39, 0.29) is 11.5 Å². The summed E-state index contributed by atoms with van der Waals surface area (Å²) in [5.74, 6) is 0.309. The van der Waals surface area contributed by atoms with Gasteiger partial charge in [-0.2, -0.15) is 0 Å². The molecule has 1 N–H and O–H groups in total. The molecule has 134 valence electrons. The van der Waals surface area contributed by atoms with E-state index in [0.29, 0.717) is 25.2 Å². The van der Waals surface area contributed by atoms with Crippen LogP contribution < -0.4 is 5.32 Å². The van der Waals surface area contributed by atoms with Crippen molar-refractivity contribution in [3.8, 4) is 0 Å². The summed E-state index contributed by atoms with van der Waals surface area (Å²) in [6.07, 6.45) is 2.25. The van der Waals surface area contributed by atoms with Crippen LogP contribution in [0.15, 0.2) is 66.7 Å². The van der Waals surface area contributed by atoms with Crippen LogP contribution in [-0.2, 0) is 21.5 Å². The molecular formula is C23H25NO2. The molecule has 3 nitrogen and oxygen atoms in total. The van der Waals surface area contributed by atoms with E-state index in [1.54, 1.807) is 0 Å². The third kappa shape index (κ3) is 2.34. The van der Waals surface area contributed by atoms with Crippen LogP contribution in [0.3, 0.4) is 0 Å². The second kappa shape index (κ2) is 6.26. The van der Waals surface area contributed by atoms with Gasteiger partial charge in [0, 0.05) is 29.7 Å². The van der Waals surface area contributed by atoms with E-state index >= 15 is 0 Å². The highest BCUT2D eigenvalue weighted by atomic mass is 16.5. The summed E-state index contributed by atoms with van der Waals surface area (Å²) in [6.45, 7) is 6.59. The molecule has 2 aromatic carbocycles. The molecule has 2 fully saturated rings. The minimum absolute atomic E-state index is 0.0680. The van der Waals surface area contributed by atoms with Crippen LogP contribution in [0.5, 0.6) is 0 Å². The molecule has 4 atom stereocenters. The van der Waals surface area contributed by atoms with Gasteiger partial charge in [-0.3, -0.25) is 0 Å². The summed E-state index contributed by atoms with van der Waals surface area (Å²) in [7, 11) is 0. The first-order valence-electron chi connectivity index (χ1n) is 9.56. The van der Waals surface area contributed by atoms with E-state index in [0.717, 1.165) is 19.4 Å². The van der Waals surface area contributed by atoms with Crippen molar-refractivity contribution in [1.82, 2.24) is 0 Å². The summed E-state index contributed by atoms with van der Waals surface area (Å²) in [5, 5.41) is 3.81. The molecule has 1 saturated carbocycles. The highest BCUT2D eigenvalue weighted by Crippen LogP contribution is 2.57. The Morgan fingerprint density at radius 3 is 2.81 bits per heavy atom. The molecule has 0 unspecified atom stereocenters. The van der Waals surface area contributed by atoms with Crippen molar-refractivity contribution in [1.29, 1.82) is 0 Å².